The Kier molecular flexibility index (Phi) is 9.47. The van der Waals surface area contributed by atoms with Crippen LogP contribution in [0.3, 0.4) is 0 Å². The van der Waals surface area contributed by atoms with Gasteiger partial charge in [0.1, 0.15) is 17.6 Å². The molecule has 0 spiro atoms. The van der Waals surface area contributed by atoms with Crippen molar-refractivity contribution in [2.75, 3.05) is 13.2 Å². The van der Waals surface area contributed by atoms with E-state index < -0.39 is 6.04 Å². The van der Waals surface area contributed by atoms with E-state index in [-0.39, 0.29) is 30.8 Å². The maximum Gasteiger partial charge on any atom is 0.261 e. The molecule has 0 saturated heterocycles. The first-order chi connectivity index (χ1) is 16.5. The summed E-state index contributed by atoms with van der Waals surface area (Å²) >= 11 is 6.16. The third-order valence-corrected chi connectivity index (χ3v) is 5.59. The molecule has 0 fully saturated rings. The lowest BCUT2D eigenvalue weighted by Crippen LogP contribution is -2.51. The van der Waals surface area contributed by atoms with Gasteiger partial charge in [0, 0.05) is 19.5 Å². The van der Waals surface area contributed by atoms with Crippen LogP contribution in [0, 0.1) is 5.82 Å². The minimum absolute atomic E-state index is 0.127. The Bertz CT molecular complexity index is 1080. The van der Waals surface area contributed by atoms with Gasteiger partial charge in [-0.15, -0.1) is 0 Å². The fourth-order valence-electron chi connectivity index (χ4n) is 3.49. The molecule has 178 valence electrons. The lowest BCUT2D eigenvalue weighted by atomic mass is 10.0. The Hall–Kier alpha value is -3.38. The smallest absolute Gasteiger partial charge is 0.261 e. The van der Waals surface area contributed by atoms with E-state index in [0.29, 0.717) is 29.3 Å². The van der Waals surface area contributed by atoms with Crippen LogP contribution in [0.2, 0.25) is 5.02 Å². The van der Waals surface area contributed by atoms with Gasteiger partial charge in [-0.2, -0.15) is 0 Å². The number of rotatable bonds is 11. The Labute approximate surface area is 204 Å². The molecule has 1 N–H and O–H groups in total. The van der Waals surface area contributed by atoms with E-state index in [0.717, 1.165) is 12.0 Å². The molecule has 0 aromatic heterocycles. The summed E-state index contributed by atoms with van der Waals surface area (Å²) in [5.74, 6) is -0.616. The normalized spacial score (nSPS) is 11.5. The van der Waals surface area contributed by atoms with E-state index in [2.05, 4.69) is 5.32 Å². The van der Waals surface area contributed by atoms with Crippen LogP contribution in [-0.2, 0) is 22.6 Å². The fourth-order valence-corrected chi connectivity index (χ4v) is 3.68. The van der Waals surface area contributed by atoms with Crippen molar-refractivity contribution in [3.63, 3.8) is 0 Å². The second-order valence-electron chi connectivity index (χ2n) is 7.86. The fraction of sp³-hybridized carbons (Fsp3) is 0.259. The van der Waals surface area contributed by atoms with Crippen molar-refractivity contribution in [3.8, 4) is 5.75 Å². The zero-order valence-corrected chi connectivity index (χ0v) is 19.8. The number of amides is 2. The Morgan fingerprint density at radius 3 is 2.32 bits per heavy atom. The number of ether oxygens (including phenoxy) is 1. The lowest BCUT2D eigenvalue weighted by molar-refractivity contribution is -0.142. The summed E-state index contributed by atoms with van der Waals surface area (Å²) in [5, 5.41) is 3.30. The number of hydrogen-bond acceptors (Lipinski definition) is 3. The number of carbonyl (C=O) groups is 2. The molecule has 0 bridgehead atoms. The van der Waals surface area contributed by atoms with Gasteiger partial charge < -0.3 is 15.0 Å². The summed E-state index contributed by atoms with van der Waals surface area (Å²) in [5.41, 5.74) is 1.62. The van der Waals surface area contributed by atoms with Crippen LogP contribution < -0.4 is 10.1 Å². The van der Waals surface area contributed by atoms with Crippen molar-refractivity contribution in [1.29, 1.82) is 0 Å². The summed E-state index contributed by atoms with van der Waals surface area (Å²) in [6.45, 7) is 2.30. The van der Waals surface area contributed by atoms with Gasteiger partial charge in [-0.05, 0) is 41.8 Å². The van der Waals surface area contributed by atoms with Gasteiger partial charge in [0.25, 0.3) is 5.91 Å². The molecule has 2 amide bonds. The quantitative estimate of drug-likeness (QED) is 0.417. The first-order valence-electron chi connectivity index (χ1n) is 11.2. The highest BCUT2D eigenvalue weighted by Crippen LogP contribution is 2.23. The van der Waals surface area contributed by atoms with E-state index in [4.69, 9.17) is 16.3 Å². The predicted molar refractivity (Wildman–Crippen MR) is 131 cm³/mol. The van der Waals surface area contributed by atoms with E-state index in [9.17, 15) is 14.0 Å². The van der Waals surface area contributed by atoms with Gasteiger partial charge in [-0.3, -0.25) is 9.59 Å². The summed E-state index contributed by atoms with van der Waals surface area (Å²) in [4.78, 5) is 28.1. The summed E-state index contributed by atoms with van der Waals surface area (Å²) in [6.07, 6.45) is 1.10. The number of halogens is 2. The molecule has 5 nitrogen and oxygen atoms in total. The summed E-state index contributed by atoms with van der Waals surface area (Å²) in [6, 6.07) is 21.5. The first-order valence-corrected chi connectivity index (χ1v) is 11.6. The Morgan fingerprint density at radius 1 is 0.971 bits per heavy atom. The predicted octanol–water partition coefficient (Wildman–Crippen LogP) is 5.02. The molecular formula is C27H28ClFN2O3. The highest BCUT2D eigenvalue weighted by Gasteiger charge is 2.30. The van der Waals surface area contributed by atoms with Crippen molar-refractivity contribution in [2.24, 2.45) is 0 Å². The number of benzene rings is 3. The molecule has 7 heteroatoms. The molecule has 3 aromatic carbocycles. The van der Waals surface area contributed by atoms with Crippen LogP contribution in [0.5, 0.6) is 5.75 Å². The molecule has 34 heavy (non-hydrogen) atoms. The van der Waals surface area contributed by atoms with Crippen molar-refractivity contribution in [2.45, 2.75) is 32.4 Å². The highest BCUT2D eigenvalue weighted by molar-refractivity contribution is 6.32. The van der Waals surface area contributed by atoms with Crippen molar-refractivity contribution < 1.29 is 18.7 Å². The third-order valence-electron chi connectivity index (χ3n) is 5.27. The van der Waals surface area contributed by atoms with Gasteiger partial charge in [0.05, 0.1) is 5.02 Å². The molecule has 3 rings (SSSR count). The molecular weight excluding hydrogens is 455 g/mol. The zero-order chi connectivity index (χ0) is 24.3. The Balaban J connectivity index is 1.89. The van der Waals surface area contributed by atoms with Crippen LogP contribution >= 0.6 is 11.6 Å². The molecule has 1 unspecified atom stereocenters. The largest absolute Gasteiger partial charge is 0.482 e. The number of nitrogens with zero attached hydrogens (tertiary/aromatic N) is 1. The van der Waals surface area contributed by atoms with Gasteiger partial charge in [-0.25, -0.2) is 4.39 Å². The molecule has 0 saturated carbocycles. The van der Waals surface area contributed by atoms with Crippen LogP contribution in [0.1, 0.15) is 24.5 Å². The average Bonchev–Trinajstić information content (AvgIpc) is 2.85. The lowest BCUT2D eigenvalue weighted by Gasteiger charge is -2.31. The summed E-state index contributed by atoms with van der Waals surface area (Å²) in [7, 11) is 0. The van der Waals surface area contributed by atoms with E-state index >= 15 is 0 Å². The third kappa shape index (κ3) is 7.32. The number of nitrogens with one attached hydrogen (secondary N) is 1. The van der Waals surface area contributed by atoms with Crippen LogP contribution in [0.25, 0.3) is 0 Å². The standard InChI is InChI=1S/C27H28ClFN2O3/c1-2-16-30-27(33)24(17-20-8-4-3-5-9-20)31(18-21-12-14-22(29)15-13-21)26(32)19-34-25-11-7-6-10-23(25)28/h3-15,24H,2,16-19H2,1H3,(H,30,33). The monoisotopic (exact) mass is 482 g/mol. The minimum Gasteiger partial charge on any atom is -0.482 e. The van der Waals surface area contributed by atoms with Gasteiger partial charge in [0.15, 0.2) is 6.61 Å². The maximum absolute atomic E-state index is 13.5. The van der Waals surface area contributed by atoms with Crippen LogP contribution in [0.4, 0.5) is 4.39 Å². The SMILES string of the molecule is CCCNC(=O)C(Cc1ccccc1)N(Cc1ccc(F)cc1)C(=O)COc1ccccc1Cl. The zero-order valence-electron chi connectivity index (χ0n) is 19.0. The first kappa shape index (κ1) is 25.2. The molecule has 0 aliphatic carbocycles. The minimum atomic E-state index is -0.777. The average molecular weight is 483 g/mol. The van der Waals surface area contributed by atoms with Crippen molar-refractivity contribution in [3.05, 3.63) is 101 Å². The van der Waals surface area contributed by atoms with Crippen LogP contribution in [-0.4, -0.2) is 35.9 Å². The molecule has 0 aliphatic heterocycles. The van der Waals surface area contributed by atoms with E-state index in [1.807, 2.05) is 37.3 Å². The molecule has 0 radical (unpaired) electrons. The second-order valence-corrected chi connectivity index (χ2v) is 8.27. The number of para-hydroxylation sites is 1. The van der Waals surface area contributed by atoms with Crippen molar-refractivity contribution >= 4 is 23.4 Å². The number of hydrogen-bond donors (Lipinski definition) is 1. The topological polar surface area (TPSA) is 58.6 Å². The highest BCUT2D eigenvalue weighted by atomic mass is 35.5. The molecule has 0 aliphatic rings. The van der Waals surface area contributed by atoms with Gasteiger partial charge in [-0.1, -0.05) is 73.1 Å². The van der Waals surface area contributed by atoms with E-state index in [1.165, 1.54) is 17.0 Å². The molecule has 1 atom stereocenters. The number of carbonyl (C=O) groups excluding carboxylic acids is 2. The van der Waals surface area contributed by atoms with Crippen molar-refractivity contribution in [1.82, 2.24) is 10.2 Å². The molecule has 3 aromatic rings. The van der Waals surface area contributed by atoms with Gasteiger partial charge in [0.2, 0.25) is 5.91 Å². The maximum atomic E-state index is 13.5. The Morgan fingerprint density at radius 2 is 1.65 bits per heavy atom. The van der Waals surface area contributed by atoms with Crippen LogP contribution in [0.15, 0.2) is 78.9 Å². The van der Waals surface area contributed by atoms with Gasteiger partial charge >= 0.3 is 0 Å². The summed E-state index contributed by atoms with van der Waals surface area (Å²) < 4.78 is 19.1. The second kappa shape index (κ2) is 12.8. The van der Waals surface area contributed by atoms with E-state index in [1.54, 1.807) is 36.4 Å². The molecule has 0 heterocycles.